The van der Waals surface area contributed by atoms with Gasteiger partial charge in [-0.2, -0.15) is 0 Å². The number of ketones is 1. The van der Waals surface area contributed by atoms with E-state index in [1.807, 2.05) is 67.6 Å². The van der Waals surface area contributed by atoms with Gasteiger partial charge in [0, 0.05) is 12.1 Å². The van der Waals surface area contributed by atoms with Gasteiger partial charge in [-0.1, -0.05) is 66.2 Å². The summed E-state index contributed by atoms with van der Waals surface area (Å²) in [7, 11) is 3.14. The van der Waals surface area contributed by atoms with Crippen LogP contribution in [-0.4, -0.2) is 42.5 Å². The van der Waals surface area contributed by atoms with Crippen molar-refractivity contribution in [2.24, 2.45) is 0 Å². The lowest BCUT2D eigenvalue weighted by molar-refractivity contribution is -0.139. The Labute approximate surface area is 199 Å². The lowest BCUT2D eigenvalue weighted by atomic mass is 9.95. The quantitative estimate of drug-likeness (QED) is 0.317. The van der Waals surface area contributed by atoms with E-state index in [9.17, 15) is 14.7 Å². The van der Waals surface area contributed by atoms with E-state index in [0.717, 1.165) is 16.7 Å². The van der Waals surface area contributed by atoms with Gasteiger partial charge < -0.3 is 19.5 Å². The van der Waals surface area contributed by atoms with Crippen molar-refractivity contribution in [1.82, 2.24) is 4.90 Å². The minimum absolute atomic E-state index is 0.104. The summed E-state index contributed by atoms with van der Waals surface area (Å²) in [5.74, 6) is -0.252. The molecule has 1 N–H and O–H groups in total. The van der Waals surface area contributed by atoms with Crippen molar-refractivity contribution >= 4 is 17.4 Å². The number of hydrogen-bond donors (Lipinski definition) is 1. The number of rotatable bonds is 7. The second-order valence-electron chi connectivity index (χ2n) is 8.21. The van der Waals surface area contributed by atoms with Gasteiger partial charge in [0.15, 0.2) is 11.5 Å². The second-order valence-corrected chi connectivity index (χ2v) is 8.21. The molecule has 1 aliphatic heterocycles. The molecule has 1 heterocycles. The van der Waals surface area contributed by atoms with Gasteiger partial charge in [-0.15, -0.1) is 0 Å². The molecule has 0 aliphatic carbocycles. The Morgan fingerprint density at radius 3 is 2.24 bits per heavy atom. The van der Waals surface area contributed by atoms with Crippen molar-refractivity contribution in [3.8, 4) is 11.5 Å². The normalized spacial score (nSPS) is 17.1. The Bertz CT molecular complexity index is 1230. The Morgan fingerprint density at radius 1 is 0.912 bits per heavy atom. The predicted octanol–water partition coefficient (Wildman–Crippen LogP) is 4.68. The molecule has 1 atom stereocenters. The first-order valence-electron chi connectivity index (χ1n) is 11.1. The fourth-order valence-electron chi connectivity index (χ4n) is 4.25. The van der Waals surface area contributed by atoms with Crippen molar-refractivity contribution in [2.75, 3.05) is 20.8 Å². The highest BCUT2D eigenvalue weighted by Gasteiger charge is 2.45. The minimum atomic E-state index is -0.681. The summed E-state index contributed by atoms with van der Waals surface area (Å²) in [6, 6.07) is 21.4. The molecule has 1 saturated heterocycles. The van der Waals surface area contributed by atoms with Crippen LogP contribution in [0.15, 0.2) is 78.4 Å². The molecule has 3 aromatic rings. The first-order chi connectivity index (χ1) is 16.4. The number of Topliss-reactive ketones (excluding diaryl/α,β-unsaturated/α-hetero) is 1. The van der Waals surface area contributed by atoms with Crippen LogP contribution in [0.3, 0.4) is 0 Å². The Morgan fingerprint density at radius 2 is 1.59 bits per heavy atom. The van der Waals surface area contributed by atoms with E-state index in [1.165, 1.54) is 4.90 Å². The number of carbonyl (C=O) groups is 2. The summed E-state index contributed by atoms with van der Waals surface area (Å²) in [5, 5.41) is 11.1. The molecule has 1 aliphatic rings. The van der Waals surface area contributed by atoms with E-state index in [0.29, 0.717) is 30.0 Å². The third kappa shape index (κ3) is 4.39. The number of methoxy groups -OCH3 is 2. The highest BCUT2D eigenvalue weighted by atomic mass is 16.5. The zero-order valence-corrected chi connectivity index (χ0v) is 19.4. The van der Waals surface area contributed by atoms with Gasteiger partial charge in [0.1, 0.15) is 5.76 Å². The zero-order valence-electron chi connectivity index (χ0n) is 19.4. The van der Waals surface area contributed by atoms with Gasteiger partial charge in [0.05, 0.1) is 25.8 Å². The van der Waals surface area contributed by atoms with E-state index in [4.69, 9.17) is 9.47 Å². The van der Waals surface area contributed by atoms with Crippen LogP contribution < -0.4 is 9.47 Å². The summed E-state index contributed by atoms with van der Waals surface area (Å²) < 4.78 is 10.7. The Balaban J connectivity index is 1.72. The van der Waals surface area contributed by atoms with Crippen LogP contribution in [0, 0.1) is 6.92 Å². The monoisotopic (exact) mass is 457 g/mol. The van der Waals surface area contributed by atoms with Crippen molar-refractivity contribution in [2.45, 2.75) is 19.4 Å². The molecule has 174 valence electrons. The molecule has 34 heavy (non-hydrogen) atoms. The highest BCUT2D eigenvalue weighted by molar-refractivity contribution is 6.46. The van der Waals surface area contributed by atoms with Crippen molar-refractivity contribution in [3.05, 3.63) is 101 Å². The summed E-state index contributed by atoms with van der Waals surface area (Å²) in [6.07, 6.45) is 0.501. The van der Waals surface area contributed by atoms with E-state index in [2.05, 4.69) is 0 Å². The lowest BCUT2D eigenvalue weighted by Crippen LogP contribution is -2.31. The number of aliphatic hydroxyl groups is 1. The SMILES string of the molecule is COc1ccc(CCN2C(=O)C(=O)C(=C(O)c3ccc(C)cc3)[C@@H]2c2ccccc2)cc1OC. The first kappa shape index (κ1) is 23.1. The topological polar surface area (TPSA) is 76.1 Å². The highest BCUT2D eigenvalue weighted by Crippen LogP contribution is 2.39. The molecule has 4 rings (SSSR count). The van der Waals surface area contributed by atoms with E-state index >= 15 is 0 Å². The number of hydrogen-bond acceptors (Lipinski definition) is 5. The summed E-state index contributed by atoms with van der Waals surface area (Å²) in [6.45, 7) is 2.24. The Hall–Kier alpha value is -4.06. The van der Waals surface area contributed by atoms with Gasteiger partial charge in [-0.05, 0) is 36.6 Å². The smallest absolute Gasteiger partial charge is 0.295 e. The summed E-state index contributed by atoms with van der Waals surface area (Å²) >= 11 is 0. The lowest BCUT2D eigenvalue weighted by Gasteiger charge is -2.25. The molecular weight excluding hydrogens is 430 g/mol. The minimum Gasteiger partial charge on any atom is -0.507 e. The van der Waals surface area contributed by atoms with Crippen LogP contribution in [0.5, 0.6) is 11.5 Å². The molecule has 0 aromatic heterocycles. The number of aryl methyl sites for hydroxylation is 1. The average molecular weight is 458 g/mol. The van der Waals surface area contributed by atoms with Crippen molar-refractivity contribution in [3.63, 3.8) is 0 Å². The maximum Gasteiger partial charge on any atom is 0.295 e. The fraction of sp³-hybridized carbons (Fsp3) is 0.214. The second kappa shape index (κ2) is 9.83. The van der Waals surface area contributed by atoms with Crippen molar-refractivity contribution < 1.29 is 24.2 Å². The van der Waals surface area contributed by atoms with Crippen LogP contribution in [0.2, 0.25) is 0 Å². The van der Waals surface area contributed by atoms with Crippen LogP contribution in [0.1, 0.15) is 28.3 Å². The molecule has 0 unspecified atom stereocenters. The standard InChI is InChI=1S/C28H27NO5/c1-18-9-12-21(13-10-18)26(30)24-25(20-7-5-4-6-8-20)29(28(32)27(24)31)16-15-19-11-14-22(33-2)23(17-19)34-3/h4-14,17,25,30H,15-16H2,1-3H3/t25-/m0/s1. The summed E-state index contributed by atoms with van der Waals surface area (Å²) in [4.78, 5) is 27.8. The summed E-state index contributed by atoms with van der Waals surface area (Å²) in [5.41, 5.74) is 3.34. The Kier molecular flexibility index (Phi) is 6.68. The number of benzene rings is 3. The number of amides is 1. The van der Waals surface area contributed by atoms with E-state index in [1.54, 1.807) is 26.4 Å². The maximum absolute atomic E-state index is 13.1. The number of ether oxygens (including phenoxy) is 2. The molecular formula is C28H27NO5. The fourth-order valence-corrected chi connectivity index (χ4v) is 4.25. The molecule has 6 nitrogen and oxygen atoms in total. The zero-order chi connectivity index (χ0) is 24.2. The predicted molar refractivity (Wildman–Crippen MR) is 130 cm³/mol. The molecule has 1 amide bonds. The van der Waals surface area contributed by atoms with Gasteiger partial charge in [0.25, 0.3) is 11.7 Å². The van der Waals surface area contributed by atoms with Gasteiger partial charge in [0.2, 0.25) is 0 Å². The molecule has 0 saturated carbocycles. The van der Waals surface area contributed by atoms with Crippen LogP contribution in [-0.2, 0) is 16.0 Å². The number of aliphatic hydroxyl groups excluding tert-OH is 1. The van der Waals surface area contributed by atoms with Gasteiger partial charge in [-0.25, -0.2) is 0 Å². The number of nitrogens with zero attached hydrogens (tertiary/aromatic N) is 1. The van der Waals surface area contributed by atoms with E-state index < -0.39 is 17.7 Å². The molecule has 0 bridgehead atoms. The van der Waals surface area contributed by atoms with Crippen LogP contribution in [0.4, 0.5) is 0 Å². The number of carbonyl (C=O) groups excluding carboxylic acids is 2. The van der Waals surface area contributed by atoms with Crippen LogP contribution >= 0.6 is 0 Å². The van der Waals surface area contributed by atoms with Gasteiger partial charge in [-0.3, -0.25) is 9.59 Å². The average Bonchev–Trinajstić information content (AvgIpc) is 3.12. The van der Waals surface area contributed by atoms with Crippen LogP contribution in [0.25, 0.3) is 5.76 Å². The molecule has 3 aromatic carbocycles. The molecule has 6 heteroatoms. The van der Waals surface area contributed by atoms with E-state index in [-0.39, 0.29) is 11.3 Å². The third-order valence-corrected chi connectivity index (χ3v) is 6.07. The maximum atomic E-state index is 13.1. The van der Waals surface area contributed by atoms with Crippen molar-refractivity contribution in [1.29, 1.82) is 0 Å². The number of likely N-dealkylation sites (tertiary alicyclic amines) is 1. The molecule has 0 spiro atoms. The largest absolute Gasteiger partial charge is 0.507 e. The first-order valence-corrected chi connectivity index (χ1v) is 11.1. The molecule has 0 radical (unpaired) electrons. The van der Waals surface area contributed by atoms with Gasteiger partial charge >= 0.3 is 0 Å². The molecule has 1 fully saturated rings. The third-order valence-electron chi connectivity index (χ3n) is 6.07.